The molecule has 0 spiro atoms. The minimum Gasteiger partial charge on any atom is -0.469 e. The van der Waals surface area contributed by atoms with Gasteiger partial charge in [-0.15, -0.1) is 0 Å². The summed E-state index contributed by atoms with van der Waals surface area (Å²) in [5.41, 5.74) is 3.52. The molecule has 2 heterocycles. The van der Waals surface area contributed by atoms with E-state index in [0.29, 0.717) is 6.42 Å². The van der Waals surface area contributed by atoms with Crippen LogP contribution in [0.1, 0.15) is 34.5 Å². The van der Waals surface area contributed by atoms with Crippen molar-refractivity contribution in [2.45, 2.75) is 25.7 Å². The Hall–Kier alpha value is -2.10. The van der Waals surface area contributed by atoms with Crippen molar-refractivity contribution in [1.82, 2.24) is 4.40 Å². The zero-order chi connectivity index (χ0) is 13.4. The van der Waals surface area contributed by atoms with Crippen LogP contribution in [0.3, 0.4) is 0 Å². The second-order valence-corrected chi connectivity index (χ2v) is 4.79. The highest BCUT2D eigenvalue weighted by atomic mass is 16.5. The fourth-order valence-electron chi connectivity index (χ4n) is 2.86. The summed E-state index contributed by atoms with van der Waals surface area (Å²) < 4.78 is 6.77. The number of rotatable bonds is 2. The van der Waals surface area contributed by atoms with Crippen LogP contribution in [0.4, 0.5) is 0 Å². The largest absolute Gasteiger partial charge is 0.469 e. The van der Waals surface area contributed by atoms with Gasteiger partial charge in [0.2, 0.25) is 0 Å². The lowest BCUT2D eigenvalue weighted by molar-refractivity contribution is -0.139. The Labute approximate surface area is 111 Å². The van der Waals surface area contributed by atoms with E-state index >= 15 is 0 Å². The minimum absolute atomic E-state index is 0.142. The van der Waals surface area contributed by atoms with Gasteiger partial charge >= 0.3 is 5.97 Å². The van der Waals surface area contributed by atoms with Gasteiger partial charge in [-0.25, -0.2) is 0 Å². The van der Waals surface area contributed by atoms with Crippen LogP contribution in [0, 0.1) is 0 Å². The topological polar surface area (TPSA) is 47.8 Å². The summed E-state index contributed by atoms with van der Waals surface area (Å²) in [7, 11) is 1.37. The summed E-state index contributed by atoms with van der Waals surface area (Å²) in [4.78, 5) is 23.8. The van der Waals surface area contributed by atoms with Gasteiger partial charge in [0.1, 0.15) is 0 Å². The predicted octanol–water partition coefficient (Wildman–Crippen LogP) is 2.17. The van der Waals surface area contributed by atoms with Crippen molar-refractivity contribution in [3.05, 3.63) is 41.2 Å². The summed E-state index contributed by atoms with van der Waals surface area (Å²) in [5, 5.41) is 0. The Morgan fingerprint density at radius 1 is 1.37 bits per heavy atom. The molecule has 0 bridgehead atoms. The van der Waals surface area contributed by atoms with Gasteiger partial charge in [-0.1, -0.05) is 6.07 Å². The number of carbonyl (C=O) groups excluding carboxylic acids is 2. The monoisotopic (exact) mass is 257 g/mol. The fourth-order valence-corrected chi connectivity index (χ4v) is 2.86. The molecule has 0 aromatic carbocycles. The highest BCUT2D eigenvalue weighted by molar-refractivity contribution is 6.03. The first kappa shape index (κ1) is 12.0. The van der Waals surface area contributed by atoms with Crippen LogP contribution < -0.4 is 0 Å². The number of ketones is 1. The third-order valence-corrected chi connectivity index (χ3v) is 3.70. The van der Waals surface area contributed by atoms with Crippen molar-refractivity contribution in [3.8, 4) is 0 Å². The number of methoxy groups -OCH3 is 1. The van der Waals surface area contributed by atoms with Crippen LogP contribution in [0.25, 0.3) is 5.52 Å². The minimum atomic E-state index is -0.308. The van der Waals surface area contributed by atoms with Gasteiger partial charge < -0.3 is 9.14 Å². The molecule has 0 atom stereocenters. The van der Waals surface area contributed by atoms with E-state index in [4.69, 9.17) is 4.74 Å². The van der Waals surface area contributed by atoms with E-state index in [-0.39, 0.29) is 18.2 Å². The number of carbonyl (C=O) groups is 2. The zero-order valence-corrected chi connectivity index (χ0v) is 10.8. The van der Waals surface area contributed by atoms with Crippen molar-refractivity contribution < 1.29 is 14.3 Å². The first-order valence-corrected chi connectivity index (χ1v) is 6.43. The summed E-state index contributed by atoms with van der Waals surface area (Å²) in [5.74, 6) is -0.165. The van der Waals surface area contributed by atoms with E-state index in [1.807, 2.05) is 28.8 Å². The van der Waals surface area contributed by atoms with E-state index < -0.39 is 0 Å². The number of pyridine rings is 1. The average Bonchev–Trinajstić information content (AvgIpc) is 2.75. The molecule has 2 aromatic rings. The van der Waals surface area contributed by atoms with Crippen molar-refractivity contribution in [2.24, 2.45) is 0 Å². The van der Waals surface area contributed by atoms with Gasteiger partial charge in [-0.2, -0.15) is 0 Å². The van der Waals surface area contributed by atoms with E-state index in [9.17, 15) is 9.59 Å². The molecule has 4 heteroatoms. The van der Waals surface area contributed by atoms with Gasteiger partial charge in [-0.05, 0) is 30.5 Å². The molecule has 1 aliphatic rings. The lowest BCUT2D eigenvalue weighted by Gasteiger charge is -2.12. The molecule has 0 aliphatic heterocycles. The Balaban J connectivity index is 2.26. The Bertz CT molecular complexity index is 669. The maximum atomic E-state index is 12.2. The van der Waals surface area contributed by atoms with Crippen LogP contribution in [-0.4, -0.2) is 23.3 Å². The number of hydrogen-bond donors (Lipinski definition) is 0. The number of aryl methyl sites for hydroxylation is 1. The molecule has 0 amide bonds. The SMILES string of the molecule is COC(=O)Cc1c2c(n3ccccc13)CCCC2=O. The van der Waals surface area contributed by atoms with Crippen molar-refractivity contribution in [1.29, 1.82) is 0 Å². The van der Waals surface area contributed by atoms with Crippen LogP contribution in [0.5, 0.6) is 0 Å². The smallest absolute Gasteiger partial charge is 0.310 e. The molecule has 1 aliphatic carbocycles. The maximum Gasteiger partial charge on any atom is 0.310 e. The molecular formula is C15H15NO3. The second-order valence-electron chi connectivity index (χ2n) is 4.79. The number of aromatic nitrogens is 1. The third-order valence-electron chi connectivity index (χ3n) is 3.70. The molecule has 0 saturated carbocycles. The fraction of sp³-hybridized carbons (Fsp3) is 0.333. The number of Topliss-reactive ketones (excluding diaryl/α,β-unsaturated/α-hetero) is 1. The molecule has 2 aromatic heterocycles. The number of ether oxygens (including phenoxy) is 1. The summed E-state index contributed by atoms with van der Waals surface area (Å²) in [6.45, 7) is 0. The van der Waals surface area contributed by atoms with Gasteiger partial charge in [0.15, 0.2) is 5.78 Å². The Kier molecular flexibility index (Phi) is 2.85. The molecule has 3 rings (SSSR count). The molecule has 0 saturated heterocycles. The van der Waals surface area contributed by atoms with Crippen LogP contribution >= 0.6 is 0 Å². The van der Waals surface area contributed by atoms with E-state index in [0.717, 1.165) is 35.2 Å². The zero-order valence-electron chi connectivity index (χ0n) is 10.8. The van der Waals surface area contributed by atoms with Gasteiger partial charge in [0.05, 0.1) is 13.5 Å². The summed E-state index contributed by atoms with van der Waals surface area (Å²) in [6, 6.07) is 5.81. The van der Waals surface area contributed by atoms with E-state index in [2.05, 4.69) is 0 Å². The van der Waals surface area contributed by atoms with Gasteiger partial charge in [0, 0.05) is 29.4 Å². The third kappa shape index (κ3) is 1.84. The molecule has 4 nitrogen and oxygen atoms in total. The van der Waals surface area contributed by atoms with Crippen LogP contribution in [-0.2, 0) is 22.4 Å². The lowest BCUT2D eigenvalue weighted by atomic mass is 9.92. The molecule has 0 unspecified atom stereocenters. The molecule has 0 radical (unpaired) electrons. The molecule has 98 valence electrons. The highest BCUT2D eigenvalue weighted by Gasteiger charge is 2.27. The number of fused-ring (bicyclic) bond motifs is 3. The first-order chi connectivity index (χ1) is 9.22. The molecule has 19 heavy (non-hydrogen) atoms. The molecular weight excluding hydrogens is 242 g/mol. The normalized spacial score (nSPS) is 14.5. The predicted molar refractivity (Wildman–Crippen MR) is 70.4 cm³/mol. The molecule has 0 N–H and O–H groups in total. The first-order valence-electron chi connectivity index (χ1n) is 6.43. The Morgan fingerprint density at radius 2 is 2.21 bits per heavy atom. The van der Waals surface area contributed by atoms with E-state index in [1.165, 1.54) is 7.11 Å². The lowest BCUT2D eigenvalue weighted by Crippen LogP contribution is -2.14. The quantitative estimate of drug-likeness (QED) is 0.775. The standard InChI is InChI=1S/C15H15NO3/c1-19-14(18)9-10-11-5-2-3-8-16(11)12-6-4-7-13(17)15(10)12/h2-3,5,8H,4,6-7,9H2,1H3. The average molecular weight is 257 g/mol. The van der Waals surface area contributed by atoms with Crippen molar-refractivity contribution in [2.75, 3.05) is 7.11 Å². The molecule has 0 fully saturated rings. The summed E-state index contributed by atoms with van der Waals surface area (Å²) >= 11 is 0. The highest BCUT2D eigenvalue weighted by Crippen LogP contribution is 2.30. The van der Waals surface area contributed by atoms with Gasteiger partial charge in [-0.3, -0.25) is 9.59 Å². The second kappa shape index (κ2) is 4.53. The maximum absolute atomic E-state index is 12.2. The number of esters is 1. The number of nitrogens with zero attached hydrogens (tertiary/aromatic N) is 1. The van der Waals surface area contributed by atoms with Gasteiger partial charge in [0.25, 0.3) is 0 Å². The van der Waals surface area contributed by atoms with E-state index in [1.54, 1.807) is 0 Å². The summed E-state index contributed by atoms with van der Waals surface area (Å²) in [6.07, 6.45) is 4.44. The number of hydrogen-bond acceptors (Lipinski definition) is 3. The Morgan fingerprint density at radius 3 is 3.00 bits per heavy atom. The van der Waals surface area contributed by atoms with Crippen molar-refractivity contribution in [3.63, 3.8) is 0 Å². The van der Waals surface area contributed by atoms with Crippen molar-refractivity contribution >= 4 is 17.3 Å². The van der Waals surface area contributed by atoms with Crippen LogP contribution in [0.2, 0.25) is 0 Å². The van der Waals surface area contributed by atoms with Crippen LogP contribution in [0.15, 0.2) is 24.4 Å².